The normalized spacial score (nSPS) is 12.1. The van der Waals surface area contributed by atoms with Gasteiger partial charge in [0.05, 0.1) is 11.7 Å². The molecule has 0 radical (unpaired) electrons. The molecule has 16 heavy (non-hydrogen) atoms. The molecule has 0 saturated heterocycles. The number of aryl methyl sites for hydroxylation is 2. The second-order valence-corrected chi connectivity index (χ2v) is 4.07. The quantitative estimate of drug-likeness (QED) is 0.766. The molecule has 0 bridgehead atoms. The third kappa shape index (κ3) is 3.36. The molecule has 1 atom stereocenters. The Morgan fingerprint density at radius 1 is 1.50 bits per heavy atom. The SMILES string of the molecule is C#CCCC(NCC)c1ncc(C)cc1C. The van der Waals surface area contributed by atoms with E-state index in [1.807, 2.05) is 6.20 Å². The molecular weight excluding hydrogens is 196 g/mol. The lowest BCUT2D eigenvalue weighted by molar-refractivity contribution is 0.508. The van der Waals surface area contributed by atoms with Gasteiger partial charge in [0, 0.05) is 12.6 Å². The van der Waals surface area contributed by atoms with E-state index in [1.54, 1.807) is 0 Å². The van der Waals surface area contributed by atoms with Crippen LogP contribution in [0.3, 0.4) is 0 Å². The maximum atomic E-state index is 5.32. The van der Waals surface area contributed by atoms with E-state index in [0.717, 1.165) is 25.1 Å². The van der Waals surface area contributed by atoms with Gasteiger partial charge in [-0.1, -0.05) is 13.0 Å². The maximum absolute atomic E-state index is 5.32. The molecule has 0 aromatic carbocycles. The average molecular weight is 216 g/mol. The van der Waals surface area contributed by atoms with Gasteiger partial charge in [-0.3, -0.25) is 4.98 Å². The monoisotopic (exact) mass is 216 g/mol. The van der Waals surface area contributed by atoms with Crippen molar-refractivity contribution in [1.82, 2.24) is 10.3 Å². The number of nitrogens with zero attached hydrogens (tertiary/aromatic N) is 1. The zero-order valence-corrected chi connectivity index (χ0v) is 10.4. The summed E-state index contributed by atoms with van der Waals surface area (Å²) in [5, 5.41) is 3.44. The molecule has 0 aliphatic carbocycles. The third-order valence-electron chi connectivity index (χ3n) is 2.61. The Hall–Kier alpha value is -1.33. The molecular formula is C14H20N2. The van der Waals surface area contributed by atoms with E-state index in [2.05, 4.69) is 43.1 Å². The first-order valence-corrected chi connectivity index (χ1v) is 5.79. The topological polar surface area (TPSA) is 24.9 Å². The summed E-state index contributed by atoms with van der Waals surface area (Å²) in [6.07, 6.45) is 8.96. The van der Waals surface area contributed by atoms with Crippen molar-refractivity contribution in [1.29, 1.82) is 0 Å². The molecule has 86 valence electrons. The molecule has 1 rings (SSSR count). The molecule has 1 aromatic rings. The first-order valence-electron chi connectivity index (χ1n) is 5.79. The predicted molar refractivity (Wildman–Crippen MR) is 68.2 cm³/mol. The lowest BCUT2D eigenvalue weighted by Crippen LogP contribution is -2.22. The van der Waals surface area contributed by atoms with Crippen LogP contribution in [-0.4, -0.2) is 11.5 Å². The predicted octanol–water partition coefficient (Wildman–Crippen LogP) is 2.76. The van der Waals surface area contributed by atoms with Crippen LogP contribution in [0.1, 0.15) is 42.6 Å². The van der Waals surface area contributed by atoms with Crippen LogP contribution in [0.5, 0.6) is 0 Å². The van der Waals surface area contributed by atoms with Crippen LogP contribution in [0.25, 0.3) is 0 Å². The Balaban J connectivity index is 2.87. The van der Waals surface area contributed by atoms with Crippen LogP contribution in [0.2, 0.25) is 0 Å². The van der Waals surface area contributed by atoms with E-state index >= 15 is 0 Å². The molecule has 0 fully saturated rings. The number of hydrogen-bond donors (Lipinski definition) is 1. The molecule has 0 amide bonds. The van der Waals surface area contributed by atoms with E-state index in [1.165, 1.54) is 11.1 Å². The van der Waals surface area contributed by atoms with Crippen LogP contribution in [0.15, 0.2) is 12.3 Å². The van der Waals surface area contributed by atoms with Gasteiger partial charge in [0.15, 0.2) is 0 Å². The van der Waals surface area contributed by atoms with E-state index in [0.29, 0.717) is 0 Å². The Kier molecular flexibility index (Phi) is 5.01. The van der Waals surface area contributed by atoms with Crippen molar-refractivity contribution in [2.24, 2.45) is 0 Å². The van der Waals surface area contributed by atoms with Crippen molar-refractivity contribution in [2.75, 3.05) is 6.54 Å². The summed E-state index contributed by atoms with van der Waals surface area (Å²) in [6, 6.07) is 2.45. The fourth-order valence-corrected chi connectivity index (χ4v) is 1.90. The Labute approximate surface area is 98.5 Å². The van der Waals surface area contributed by atoms with Crippen LogP contribution in [-0.2, 0) is 0 Å². The molecule has 1 N–H and O–H groups in total. The first kappa shape index (κ1) is 12.7. The van der Waals surface area contributed by atoms with Crippen molar-refractivity contribution in [3.8, 4) is 12.3 Å². The van der Waals surface area contributed by atoms with E-state index in [9.17, 15) is 0 Å². The van der Waals surface area contributed by atoms with Gasteiger partial charge in [-0.25, -0.2) is 0 Å². The second kappa shape index (κ2) is 6.30. The first-order chi connectivity index (χ1) is 7.69. The number of terminal acetylenes is 1. The summed E-state index contributed by atoms with van der Waals surface area (Å²) < 4.78 is 0. The minimum Gasteiger partial charge on any atom is -0.309 e. The highest BCUT2D eigenvalue weighted by atomic mass is 14.9. The van der Waals surface area contributed by atoms with Crippen molar-refractivity contribution < 1.29 is 0 Å². The van der Waals surface area contributed by atoms with Gasteiger partial charge in [-0.2, -0.15) is 0 Å². The van der Waals surface area contributed by atoms with Gasteiger partial charge < -0.3 is 5.32 Å². The Bertz CT molecular complexity index is 377. The lowest BCUT2D eigenvalue weighted by Gasteiger charge is -2.18. The van der Waals surface area contributed by atoms with E-state index < -0.39 is 0 Å². The summed E-state index contributed by atoms with van der Waals surface area (Å²) in [7, 11) is 0. The minimum absolute atomic E-state index is 0.279. The highest BCUT2D eigenvalue weighted by Gasteiger charge is 2.13. The molecule has 1 unspecified atom stereocenters. The number of rotatable bonds is 5. The highest BCUT2D eigenvalue weighted by molar-refractivity contribution is 5.25. The minimum atomic E-state index is 0.279. The average Bonchev–Trinajstić information content (AvgIpc) is 2.25. The molecule has 1 heterocycles. The molecule has 2 nitrogen and oxygen atoms in total. The van der Waals surface area contributed by atoms with Gasteiger partial charge >= 0.3 is 0 Å². The Morgan fingerprint density at radius 3 is 2.81 bits per heavy atom. The largest absolute Gasteiger partial charge is 0.309 e. The van der Waals surface area contributed by atoms with Gasteiger partial charge in [0.25, 0.3) is 0 Å². The molecule has 0 spiro atoms. The zero-order chi connectivity index (χ0) is 12.0. The van der Waals surface area contributed by atoms with Crippen LogP contribution >= 0.6 is 0 Å². The second-order valence-electron chi connectivity index (χ2n) is 4.07. The molecule has 0 aliphatic heterocycles. The smallest absolute Gasteiger partial charge is 0.0602 e. The standard InChI is InChI=1S/C14H20N2/c1-5-7-8-13(15-6-2)14-12(4)9-11(3)10-16-14/h1,9-10,13,15H,6-8H2,2-4H3. The zero-order valence-electron chi connectivity index (χ0n) is 10.4. The lowest BCUT2D eigenvalue weighted by atomic mass is 10.0. The van der Waals surface area contributed by atoms with Crippen molar-refractivity contribution in [3.05, 3.63) is 29.1 Å². The number of pyridine rings is 1. The van der Waals surface area contributed by atoms with Crippen molar-refractivity contribution in [3.63, 3.8) is 0 Å². The third-order valence-corrected chi connectivity index (χ3v) is 2.61. The summed E-state index contributed by atoms with van der Waals surface area (Å²) in [6.45, 7) is 7.21. The molecule has 2 heteroatoms. The summed E-state index contributed by atoms with van der Waals surface area (Å²) in [5.41, 5.74) is 3.57. The van der Waals surface area contributed by atoms with Crippen molar-refractivity contribution in [2.45, 2.75) is 39.7 Å². The summed E-state index contributed by atoms with van der Waals surface area (Å²) >= 11 is 0. The van der Waals surface area contributed by atoms with Gasteiger partial charge in [0.1, 0.15) is 0 Å². The maximum Gasteiger partial charge on any atom is 0.0602 e. The molecule has 0 aliphatic rings. The van der Waals surface area contributed by atoms with Gasteiger partial charge in [0.2, 0.25) is 0 Å². The molecule has 0 saturated carbocycles. The number of aromatic nitrogens is 1. The summed E-state index contributed by atoms with van der Waals surface area (Å²) in [5.74, 6) is 2.69. The van der Waals surface area contributed by atoms with Crippen LogP contribution in [0.4, 0.5) is 0 Å². The van der Waals surface area contributed by atoms with Gasteiger partial charge in [-0.15, -0.1) is 12.3 Å². The number of nitrogens with one attached hydrogen (secondary N) is 1. The number of hydrogen-bond acceptors (Lipinski definition) is 2. The Morgan fingerprint density at radius 2 is 2.25 bits per heavy atom. The van der Waals surface area contributed by atoms with Crippen molar-refractivity contribution >= 4 is 0 Å². The fraction of sp³-hybridized carbons (Fsp3) is 0.500. The fourth-order valence-electron chi connectivity index (χ4n) is 1.90. The highest BCUT2D eigenvalue weighted by Crippen LogP contribution is 2.20. The summed E-state index contributed by atoms with van der Waals surface area (Å²) in [4.78, 5) is 4.52. The molecule has 1 aromatic heterocycles. The van der Waals surface area contributed by atoms with Crippen LogP contribution in [0, 0.1) is 26.2 Å². The van der Waals surface area contributed by atoms with E-state index in [4.69, 9.17) is 6.42 Å². The van der Waals surface area contributed by atoms with Crippen LogP contribution < -0.4 is 5.32 Å². The van der Waals surface area contributed by atoms with E-state index in [-0.39, 0.29) is 6.04 Å². The van der Waals surface area contributed by atoms with Gasteiger partial charge in [-0.05, 0) is 37.9 Å².